The quantitative estimate of drug-likeness (QED) is 0.132. The highest BCUT2D eigenvalue weighted by molar-refractivity contribution is 7.13. The van der Waals surface area contributed by atoms with Gasteiger partial charge in [0.15, 0.2) is 0 Å². The van der Waals surface area contributed by atoms with E-state index in [-0.39, 0.29) is 37.4 Å². The Bertz CT molecular complexity index is 2070. The molecule has 4 unspecified atom stereocenters. The smallest absolute Gasteiger partial charge is 0.332 e. The molecule has 290 valence electrons. The molecule has 2 fully saturated rings. The van der Waals surface area contributed by atoms with Gasteiger partial charge in [-0.3, -0.25) is 4.79 Å². The fourth-order valence-corrected chi connectivity index (χ4v) is 8.36. The second-order valence-electron chi connectivity index (χ2n) is 14.7. The first-order valence-electron chi connectivity index (χ1n) is 19.1. The molecule has 12 nitrogen and oxygen atoms in total. The van der Waals surface area contributed by atoms with Crippen LogP contribution in [0.2, 0.25) is 0 Å². The van der Waals surface area contributed by atoms with Crippen molar-refractivity contribution in [1.29, 1.82) is 0 Å². The average molecular weight is 768 g/mol. The number of carbonyl (C=O) groups excluding carboxylic acids is 3. The SMILES string of the molecule is CCOC(=O)C12CC1C=CCCCCN(Cc1ccc(OC)cc1)C(=O)N1CC(Oc3cc(-c4nc(C(C)C)cs4)nc4cc(OC)ccc34)CC1C(=O)N2. The molecule has 1 saturated carbocycles. The van der Waals surface area contributed by atoms with Crippen LogP contribution in [0.4, 0.5) is 4.79 Å². The molecule has 2 aromatic heterocycles. The number of fused-ring (bicyclic) bond motifs is 3. The number of carbonyl (C=O) groups is 3. The van der Waals surface area contributed by atoms with E-state index < -0.39 is 29.6 Å². The molecular formula is C42H49N5O7S. The van der Waals surface area contributed by atoms with E-state index >= 15 is 0 Å². The number of pyridine rings is 1. The number of allylic oxidation sites excluding steroid dienone is 1. The number of esters is 1. The van der Waals surface area contributed by atoms with Crippen molar-refractivity contribution >= 4 is 40.1 Å². The lowest BCUT2D eigenvalue weighted by atomic mass is 10.1. The number of nitrogens with one attached hydrogen (secondary N) is 1. The topological polar surface area (TPSA) is 132 Å². The summed E-state index contributed by atoms with van der Waals surface area (Å²) in [5.74, 6) is 1.18. The summed E-state index contributed by atoms with van der Waals surface area (Å²) in [7, 11) is 3.23. The van der Waals surface area contributed by atoms with Crippen LogP contribution < -0.4 is 19.5 Å². The number of thiazole rings is 1. The number of rotatable bonds is 10. The molecule has 1 aliphatic carbocycles. The Kier molecular flexibility index (Phi) is 11.3. The van der Waals surface area contributed by atoms with Gasteiger partial charge in [0.2, 0.25) is 5.91 Å². The number of urea groups is 1. The normalized spacial score (nSPS) is 22.8. The van der Waals surface area contributed by atoms with Gasteiger partial charge in [-0.1, -0.05) is 38.1 Å². The molecule has 13 heteroatoms. The lowest BCUT2D eigenvalue weighted by Gasteiger charge is -2.32. The van der Waals surface area contributed by atoms with E-state index in [1.54, 1.807) is 26.0 Å². The van der Waals surface area contributed by atoms with Gasteiger partial charge in [-0.25, -0.2) is 19.6 Å². The van der Waals surface area contributed by atoms with Crippen LogP contribution in [0, 0.1) is 5.92 Å². The second-order valence-corrected chi connectivity index (χ2v) is 15.6. The summed E-state index contributed by atoms with van der Waals surface area (Å²) in [6.07, 6.45) is 6.65. The third-order valence-corrected chi connectivity index (χ3v) is 11.5. The first kappa shape index (κ1) is 38.1. The number of hydrogen-bond acceptors (Lipinski definition) is 10. The maximum atomic E-state index is 14.7. The molecule has 0 radical (unpaired) electrons. The van der Waals surface area contributed by atoms with Crippen molar-refractivity contribution in [2.24, 2.45) is 5.92 Å². The Hall–Kier alpha value is -5.17. The fourth-order valence-electron chi connectivity index (χ4n) is 7.42. The minimum Gasteiger partial charge on any atom is -0.497 e. The third-order valence-electron chi connectivity index (χ3n) is 10.6. The van der Waals surface area contributed by atoms with Crippen LogP contribution in [0.1, 0.15) is 70.1 Å². The molecule has 0 spiro atoms. The monoisotopic (exact) mass is 767 g/mol. The Morgan fingerprint density at radius 2 is 1.82 bits per heavy atom. The van der Waals surface area contributed by atoms with Crippen molar-refractivity contribution < 1.29 is 33.3 Å². The van der Waals surface area contributed by atoms with Crippen LogP contribution in [0.3, 0.4) is 0 Å². The molecule has 2 aromatic carbocycles. The third kappa shape index (κ3) is 8.12. The van der Waals surface area contributed by atoms with E-state index in [0.717, 1.165) is 46.7 Å². The van der Waals surface area contributed by atoms with Crippen molar-refractivity contribution in [3.05, 3.63) is 77.3 Å². The highest BCUT2D eigenvalue weighted by Gasteiger charge is 2.62. The van der Waals surface area contributed by atoms with E-state index in [1.165, 1.54) is 11.3 Å². The largest absolute Gasteiger partial charge is 0.497 e. The minimum atomic E-state index is -1.16. The number of hydrogen-bond donors (Lipinski definition) is 1. The molecule has 1 saturated heterocycles. The summed E-state index contributed by atoms with van der Waals surface area (Å²) in [6.45, 7) is 7.19. The number of amides is 3. The maximum absolute atomic E-state index is 14.7. The van der Waals surface area contributed by atoms with Crippen LogP contribution in [0.25, 0.3) is 21.6 Å². The van der Waals surface area contributed by atoms with E-state index in [4.69, 9.17) is 28.9 Å². The van der Waals surface area contributed by atoms with Crippen molar-refractivity contribution in [1.82, 2.24) is 25.1 Å². The standard InChI is InChI=1S/C42H49N5O7S/c1-6-53-40(49)42-22-28(42)11-9-7-8-10-18-46(23-27-12-14-29(51-4)15-13-27)41(50)47-24-31(20-36(47)38(48)45-42)54-37-21-34(39-44-35(25-55-39)26(2)3)43-33-19-30(52-5)16-17-32(33)37/h9,11-17,19,21,25-26,28,31,36H,6-8,10,18,20,22-24H2,1-5H3,(H,45,48). The summed E-state index contributed by atoms with van der Waals surface area (Å²) in [5, 5.41) is 6.65. The molecule has 3 aliphatic rings. The first-order chi connectivity index (χ1) is 26.6. The van der Waals surface area contributed by atoms with E-state index in [9.17, 15) is 14.4 Å². The molecule has 1 N–H and O–H groups in total. The summed E-state index contributed by atoms with van der Waals surface area (Å²) >= 11 is 1.52. The van der Waals surface area contributed by atoms with Crippen molar-refractivity contribution in [2.45, 2.75) is 83.0 Å². The lowest BCUT2D eigenvalue weighted by molar-refractivity contribution is -0.149. The van der Waals surface area contributed by atoms with Gasteiger partial charge in [0.1, 0.15) is 45.6 Å². The van der Waals surface area contributed by atoms with Crippen LogP contribution in [-0.4, -0.2) is 89.3 Å². The zero-order valence-corrected chi connectivity index (χ0v) is 32.9. The average Bonchev–Trinajstić information content (AvgIpc) is 3.48. The number of ether oxygens (including phenoxy) is 4. The molecular weight excluding hydrogens is 719 g/mol. The fraction of sp³-hybridized carbons (Fsp3) is 0.452. The maximum Gasteiger partial charge on any atom is 0.332 e. The molecule has 4 atom stereocenters. The van der Waals surface area contributed by atoms with Crippen LogP contribution in [0.5, 0.6) is 17.2 Å². The van der Waals surface area contributed by atoms with Crippen molar-refractivity contribution in [3.63, 3.8) is 0 Å². The van der Waals surface area contributed by atoms with Gasteiger partial charge in [0.25, 0.3) is 0 Å². The van der Waals surface area contributed by atoms with Gasteiger partial charge < -0.3 is 34.1 Å². The highest BCUT2D eigenvalue weighted by Crippen LogP contribution is 2.46. The first-order valence-corrected chi connectivity index (χ1v) is 20.0. The number of benzene rings is 2. The van der Waals surface area contributed by atoms with Gasteiger partial charge in [-0.2, -0.15) is 0 Å². The molecule has 4 aromatic rings. The summed E-state index contributed by atoms with van der Waals surface area (Å²) in [4.78, 5) is 55.7. The number of nitrogens with zero attached hydrogens (tertiary/aromatic N) is 4. The summed E-state index contributed by atoms with van der Waals surface area (Å²) < 4.78 is 23.2. The molecule has 3 amide bonds. The number of aromatic nitrogens is 2. The van der Waals surface area contributed by atoms with Gasteiger partial charge in [0.05, 0.1) is 38.6 Å². The molecule has 2 aliphatic heterocycles. The zero-order chi connectivity index (χ0) is 38.7. The second kappa shape index (κ2) is 16.3. The minimum absolute atomic E-state index is 0.163. The molecule has 7 rings (SSSR count). The van der Waals surface area contributed by atoms with Crippen LogP contribution >= 0.6 is 11.3 Å². The molecule has 0 bridgehead atoms. The molecule has 55 heavy (non-hydrogen) atoms. The van der Waals surface area contributed by atoms with E-state index in [0.29, 0.717) is 42.2 Å². The zero-order valence-electron chi connectivity index (χ0n) is 32.1. The Balaban J connectivity index is 1.23. The summed E-state index contributed by atoms with van der Waals surface area (Å²) in [6, 6.07) is 14.0. The number of methoxy groups -OCH3 is 2. The van der Waals surface area contributed by atoms with E-state index in [2.05, 4.69) is 25.2 Å². The van der Waals surface area contributed by atoms with Crippen molar-refractivity contribution in [3.8, 4) is 28.0 Å². The van der Waals surface area contributed by atoms with Crippen molar-refractivity contribution in [2.75, 3.05) is 33.9 Å². The predicted molar refractivity (Wildman–Crippen MR) is 210 cm³/mol. The van der Waals surface area contributed by atoms with Gasteiger partial charge in [-0.15, -0.1) is 11.3 Å². The predicted octanol–water partition coefficient (Wildman–Crippen LogP) is 7.12. The van der Waals surface area contributed by atoms with Gasteiger partial charge in [0, 0.05) is 48.3 Å². The Morgan fingerprint density at radius 1 is 1.04 bits per heavy atom. The van der Waals surface area contributed by atoms with Gasteiger partial charge >= 0.3 is 12.0 Å². The Morgan fingerprint density at radius 3 is 2.55 bits per heavy atom. The summed E-state index contributed by atoms with van der Waals surface area (Å²) in [5.41, 5.74) is 2.10. The highest BCUT2D eigenvalue weighted by atomic mass is 32.1. The Labute approximate surface area is 325 Å². The van der Waals surface area contributed by atoms with Crippen LogP contribution in [-0.2, 0) is 20.9 Å². The van der Waals surface area contributed by atoms with Gasteiger partial charge in [-0.05, 0) is 68.4 Å². The van der Waals surface area contributed by atoms with E-state index in [1.807, 2.05) is 64.9 Å². The molecule has 4 heterocycles. The lowest BCUT2D eigenvalue weighted by Crippen LogP contribution is -2.55. The van der Waals surface area contributed by atoms with Crippen LogP contribution in [0.15, 0.2) is 66.1 Å².